The van der Waals surface area contributed by atoms with Crippen LogP contribution in [0.5, 0.6) is 5.75 Å². The third-order valence-electron chi connectivity index (χ3n) is 9.80. The number of hydrogen-bond acceptors (Lipinski definition) is 8. The fourth-order valence-electron chi connectivity index (χ4n) is 6.97. The van der Waals surface area contributed by atoms with Crippen molar-refractivity contribution < 1.29 is 22.7 Å². The zero-order chi connectivity index (χ0) is 38.4. The molecule has 11 nitrogen and oxygen atoms in total. The van der Waals surface area contributed by atoms with Crippen molar-refractivity contribution >= 4 is 32.8 Å². The van der Waals surface area contributed by atoms with Crippen molar-refractivity contribution in [3.63, 3.8) is 0 Å². The van der Waals surface area contributed by atoms with E-state index in [0.29, 0.717) is 43.8 Å². The average Bonchev–Trinajstić information content (AvgIpc) is 3.66. The van der Waals surface area contributed by atoms with Gasteiger partial charge in [-0.2, -0.15) is 5.10 Å². The molecule has 0 saturated carbocycles. The minimum absolute atomic E-state index is 0.187. The van der Waals surface area contributed by atoms with Gasteiger partial charge in [0.05, 0.1) is 24.2 Å². The van der Waals surface area contributed by atoms with Crippen LogP contribution in [0.4, 0.5) is 10.5 Å². The summed E-state index contributed by atoms with van der Waals surface area (Å²) in [6.45, 7) is 14.6. The van der Waals surface area contributed by atoms with Gasteiger partial charge in [0.2, 0.25) is 0 Å². The molecule has 0 aliphatic carbocycles. The van der Waals surface area contributed by atoms with E-state index < -0.39 is 15.6 Å². The van der Waals surface area contributed by atoms with E-state index >= 15 is 0 Å². The van der Waals surface area contributed by atoms with E-state index in [1.807, 2.05) is 76.6 Å². The number of methoxy groups -OCH3 is 1. The second-order valence-corrected chi connectivity index (χ2v) is 16.6. The summed E-state index contributed by atoms with van der Waals surface area (Å²) in [6.07, 6.45) is 3.13. The SMILES string of the molecule is COc1cccc(Cn2nc(C)c(-c3cn(S(=O)(=O)c4ccc(C)cc4)c4ncc(-c5ccc(N6CCN(C(=O)OC(C)(C)C)CC6)cc5)cc34)c2C)c1. The van der Waals surface area contributed by atoms with E-state index in [2.05, 4.69) is 29.2 Å². The number of aromatic nitrogens is 4. The fraction of sp³-hybridized carbons (Fsp3) is 0.310. The fourth-order valence-corrected chi connectivity index (χ4v) is 8.29. The summed E-state index contributed by atoms with van der Waals surface area (Å²) in [7, 11) is -2.34. The summed E-state index contributed by atoms with van der Waals surface area (Å²) >= 11 is 0. The standard InChI is InChI=1S/C42H46N6O5S/c1-28-11-17-36(18-12-28)54(50,51)48-27-38(39-29(2)44-47(30(39)3)26-31-9-8-10-35(23-31)52-7)37-24-33(25-43-40(37)48)32-13-15-34(16-14-32)45-19-21-46(22-20-45)41(49)53-42(4,5)6/h8-18,23-25,27H,19-22,26H2,1-7H3. The van der Waals surface area contributed by atoms with Crippen LogP contribution in [0.15, 0.2) is 96.2 Å². The van der Waals surface area contributed by atoms with Crippen LogP contribution >= 0.6 is 0 Å². The monoisotopic (exact) mass is 746 g/mol. The second-order valence-electron chi connectivity index (χ2n) is 14.8. The molecule has 6 aromatic rings. The largest absolute Gasteiger partial charge is 0.497 e. The Labute approximate surface area is 316 Å². The molecular formula is C42H46N6O5S. The number of aryl methyl sites for hydroxylation is 2. The molecule has 0 bridgehead atoms. The first-order chi connectivity index (χ1) is 25.7. The number of carbonyl (C=O) groups is 1. The van der Waals surface area contributed by atoms with Crippen LogP contribution in [-0.4, -0.2) is 77.0 Å². The number of rotatable bonds is 8. The summed E-state index contributed by atoms with van der Waals surface area (Å²) in [5, 5.41) is 5.62. The Morgan fingerprint density at radius 3 is 2.24 bits per heavy atom. The van der Waals surface area contributed by atoms with Crippen LogP contribution < -0.4 is 9.64 Å². The Morgan fingerprint density at radius 2 is 1.57 bits per heavy atom. The Bertz CT molecular complexity index is 2440. The quantitative estimate of drug-likeness (QED) is 0.155. The van der Waals surface area contributed by atoms with E-state index in [9.17, 15) is 13.2 Å². The van der Waals surface area contributed by atoms with E-state index in [4.69, 9.17) is 19.6 Å². The first-order valence-electron chi connectivity index (χ1n) is 18.1. The number of pyridine rings is 1. The highest BCUT2D eigenvalue weighted by atomic mass is 32.2. The number of nitrogens with zero attached hydrogens (tertiary/aromatic N) is 6. The van der Waals surface area contributed by atoms with Crippen molar-refractivity contribution in [2.45, 2.75) is 58.6 Å². The molecule has 3 aromatic carbocycles. The molecule has 1 saturated heterocycles. The van der Waals surface area contributed by atoms with Gasteiger partial charge in [-0.15, -0.1) is 0 Å². The smallest absolute Gasteiger partial charge is 0.410 e. The lowest BCUT2D eigenvalue weighted by Gasteiger charge is -2.36. The normalized spacial score (nSPS) is 13.8. The van der Waals surface area contributed by atoms with E-state index in [-0.39, 0.29) is 11.0 Å². The molecule has 54 heavy (non-hydrogen) atoms. The lowest BCUT2D eigenvalue weighted by molar-refractivity contribution is 0.0240. The van der Waals surface area contributed by atoms with Crippen molar-refractivity contribution in [2.24, 2.45) is 0 Å². The van der Waals surface area contributed by atoms with Gasteiger partial charge in [0.15, 0.2) is 5.65 Å². The van der Waals surface area contributed by atoms with Gasteiger partial charge >= 0.3 is 6.09 Å². The van der Waals surface area contributed by atoms with Crippen LogP contribution in [0.2, 0.25) is 0 Å². The third kappa shape index (κ3) is 7.30. The van der Waals surface area contributed by atoms with Crippen LogP contribution in [0, 0.1) is 20.8 Å². The molecule has 7 rings (SSSR count). The third-order valence-corrected chi connectivity index (χ3v) is 11.5. The topological polar surface area (TPSA) is 112 Å². The highest BCUT2D eigenvalue weighted by Gasteiger charge is 2.28. The van der Waals surface area contributed by atoms with E-state index in [0.717, 1.165) is 56.2 Å². The van der Waals surface area contributed by atoms with Gasteiger partial charge in [-0.3, -0.25) is 4.68 Å². The predicted molar refractivity (Wildman–Crippen MR) is 212 cm³/mol. The van der Waals surface area contributed by atoms with Gasteiger partial charge in [-0.1, -0.05) is 42.0 Å². The first-order valence-corrected chi connectivity index (χ1v) is 19.5. The predicted octanol–water partition coefficient (Wildman–Crippen LogP) is 7.84. The molecular weight excluding hydrogens is 701 g/mol. The Morgan fingerprint density at radius 1 is 0.870 bits per heavy atom. The molecule has 1 aliphatic rings. The number of hydrogen-bond donors (Lipinski definition) is 0. The number of anilines is 1. The average molecular weight is 747 g/mol. The number of ether oxygens (including phenoxy) is 2. The summed E-state index contributed by atoms with van der Waals surface area (Å²) < 4.78 is 42.6. The van der Waals surface area contributed by atoms with Gasteiger partial charge in [0.25, 0.3) is 10.0 Å². The lowest BCUT2D eigenvalue weighted by atomic mass is 10.0. The molecule has 280 valence electrons. The molecule has 0 N–H and O–H groups in total. The lowest BCUT2D eigenvalue weighted by Crippen LogP contribution is -2.50. The number of piperazine rings is 1. The molecule has 0 radical (unpaired) electrons. The highest BCUT2D eigenvalue weighted by Crippen LogP contribution is 2.38. The maximum absolute atomic E-state index is 14.2. The number of benzene rings is 3. The minimum atomic E-state index is -3.98. The van der Waals surface area contributed by atoms with Crippen molar-refractivity contribution in [3.8, 4) is 28.0 Å². The van der Waals surface area contributed by atoms with Crippen molar-refractivity contribution in [2.75, 3.05) is 38.2 Å². The van der Waals surface area contributed by atoms with Crippen LogP contribution in [0.1, 0.15) is 43.3 Å². The second kappa shape index (κ2) is 14.3. The first kappa shape index (κ1) is 36.7. The molecule has 0 spiro atoms. The van der Waals surface area contributed by atoms with E-state index in [1.54, 1.807) is 48.7 Å². The van der Waals surface area contributed by atoms with E-state index in [1.165, 1.54) is 3.97 Å². The van der Waals surface area contributed by atoms with Crippen LogP contribution in [0.3, 0.4) is 0 Å². The highest BCUT2D eigenvalue weighted by molar-refractivity contribution is 7.90. The zero-order valence-corrected chi connectivity index (χ0v) is 32.6. The summed E-state index contributed by atoms with van der Waals surface area (Å²) in [5.74, 6) is 0.769. The summed E-state index contributed by atoms with van der Waals surface area (Å²) in [6, 6.07) is 25.0. The maximum atomic E-state index is 14.2. The van der Waals surface area contributed by atoms with Crippen molar-refractivity contribution in [1.29, 1.82) is 0 Å². The molecule has 4 heterocycles. The Hall–Kier alpha value is -5.62. The molecule has 12 heteroatoms. The van der Waals surface area contributed by atoms with Gasteiger partial charge in [-0.25, -0.2) is 22.2 Å². The van der Waals surface area contributed by atoms with Crippen molar-refractivity contribution in [1.82, 2.24) is 23.6 Å². The molecule has 1 fully saturated rings. The van der Waals surface area contributed by atoms with Gasteiger partial charge < -0.3 is 19.3 Å². The Kier molecular flexibility index (Phi) is 9.74. The molecule has 3 aromatic heterocycles. The minimum Gasteiger partial charge on any atom is -0.497 e. The molecule has 1 amide bonds. The zero-order valence-electron chi connectivity index (χ0n) is 31.8. The number of fused-ring (bicyclic) bond motifs is 1. The summed E-state index contributed by atoms with van der Waals surface area (Å²) in [4.78, 5) is 21.6. The van der Waals surface area contributed by atoms with Crippen LogP contribution in [-0.2, 0) is 21.3 Å². The van der Waals surface area contributed by atoms with Crippen LogP contribution in [0.25, 0.3) is 33.3 Å². The van der Waals surface area contributed by atoms with Gasteiger partial charge in [-0.05, 0) is 95.1 Å². The maximum Gasteiger partial charge on any atom is 0.410 e. The molecule has 0 unspecified atom stereocenters. The van der Waals surface area contributed by atoms with Gasteiger partial charge in [0.1, 0.15) is 11.4 Å². The summed E-state index contributed by atoms with van der Waals surface area (Å²) in [5.41, 5.74) is 7.96. The molecule has 1 aliphatic heterocycles. The van der Waals surface area contributed by atoms with Gasteiger partial charge in [0, 0.05) is 72.0 Å². The van der Waals surface area contributed by atoms with Crippen molar-refractivity contribution in [3.05, 3.63) is 114 Å². The number of carbonyl (C=O) groups excluding carboxylic acids is 1. The Balaban J connectivity index is 1.24. The molecule has 0 atom stereocenters. The number of amides is 1.